The molecule has 0 radical (unpaired) electrons. The Hall–Kier alpha value is -2.30. The molecular formula is C20H23N5O3S2. The average molecular weight is 446 g/mol. The Morgan fingerprint density at radius 2 is 2.23 bits per heavy atom. The highest BCUT2D eigenvalue weighted by Gasteiger charge is 2.43. The van der Waals surface area contributed by atoms with Crippen molar-refractivity contribution in [2.24, 2.45) is 0 Å². The summed E-state index contributed by atoms with van der Waals surface area (Å²) in [5.74, 6) is 0.0835. The number of thiophene rings is 1. The minimum absolute atomic E-state index is 0.0375. The zero-order chi connectivity index (χ0) is 20.9. The van der Waals surface area contributed by atoms with E-state index in [0.29, 0.717) is 17.1 Å². The van der Waals surface area contributed by atoms with E-state index in [-0.39, 0.29) is 24.5 Å². The Balaban J connectivity index is 1.26. The first-order valence-corrected chi connectivity index (χ1v) is 12.5. The summed E-state index contributed by atoms with van der Waals surface area (Å²) in [5, 5.41) is 6.32. The molecule has 2 bridgehead atoms. The molecule has 3 aromatic rings. The molecule has 1 saturated heterocycles. The Morgan fingerprint density at radius 3 is 3.03 bits per heavy atom. The van der Waals surface area contributed by atoms with Gasteiger partial charge in [-0.1, -0.05) is 6.07 Å². The molecule has 0 aromatic carbocycles. The minimum Gasteiger partial charge on any atom is -0.332 e. The zero-order valence-corrected chi connectivity index (χ0v) is 18.2. The van der Waals surface area contributed by atoms with Crippen LogP contribution in [0.2, 0.25) is 0 Å². The lowest BCUT2D eigenvalue weighted by Crippen LogP contribution is -2.42. The van der Waals surface area contributed by atoms with E-state index in [1.807, 2.05) is 28.6 Å². The van der Waals surface area contributed by atoms with Crippen LogP contribution < -0.4 is 4.72 Å². The van der Waals surface area contributed by atoms with Gasteiger partial charge in [0.25, 0.3) is 0 Å². The topological polar surface area (TPSA) is 96.7 Å². The summed E-state index contributed by atoms with van der Waals surface area (Å²) in [5.41, 5.74) is 4.04. The molecule has 1 N–H and O–H groups in total. The van der Waals surface area contributed by atoms with E-state index in [2.05, 4.69) is 14.8 Å². The average Bonchev–Trinajstić information content (AvgIpc) is 3.43. The summed E-state index contributed by atoms with van der Waals surface area (Å²) < 4.78 is 29.2. The molecule has 2 aliphatic rings. The molecule has 3 aromatic heterocycles. The Labute approximate surface area is 179 Å². The monoisotopic (exact) mass is 445 g/mol. The molecule has 1 fully saturated rings. The summed E-state index contributed by atoms with van der Waals surface area (Å²) in [4.78, 5) is 19.5. The molecule has 0 aliphatic carbocycles. The van der Waals surface area contributed by atoms with Crippen LogP contribution >= 0.6 is 11.3 Å². The third-order valence-corrected chi connectivity index (χ3v) is 8.79. The van der Waals surface area contributed by atoms with E-state index < -0.39 is 10.0 Å². The highest BCUT2D eigenvalue weighted by atomic mass is 32.2. The van der Waals surface area contributed by atoms with E-state index in [1.165, 1.54) is 11.3 Å². The number of amides is 1. The van der Waals surface area contributed by atoms with Crippen molar-refractivity contribution in [2.75, 3.05) is 6.54 Å². The van der Waals surface area contributed by atoms with Crippen LogP contribution in [0.25, 0.3) is 5.65 Å². The third kappa shape index (κ3) is 3.32. The highest BCUT2D eigenvalue weighted by Crippen LogP contribution is 2.43. The van der Waals surface area contributed by atoms with Crippen LogP contribution in [0.1, 0.15) is 48.7 Å². The van der Waals surface area contributed by atoms with Crippen molar-refractivity contribution in [2.45, 2.75) is 55.3 Å². The SMILES string of the molecule is Cc1cc2ncc3c(n2n1)CC1CCC3N1C(=O)CCCNS(=O)(=O)c1cccs1. The van der Waals surface area contributed by atoms with Gasteiger partial charge in [0.1, 0.15) is 4.21 Å². The summed E-state index contributed by atoms with van der Waals surface area (Å²) in [6.45, 7) is 2.21. The second kappa shape index (κ2) is 7.44. The molecule has 30 heavy (non-hydrogen) atoms. The first kappa shape index (κ1) is 19.7. The van der Waals surface area contributed by atoms with Gasteiger partial charge in [-0.05, 0) is 37.6 Å². The normalized spacial score (nSPS) is 20.6. The van der Waals surface area contributed by atoms with E-state index in [0.717, 1.165) is 41.9 Å². The zero-order valence-electron chi connectivity index (χ0n) is 16.6. The molecule has 2 unspecified atom stereocenters. The fourth-order valence-corrected chi connectivity index (χ4v) is 6.76. The first-order chi connectivity index (χ1) is 14.4. The standard InChI is InChI=1S/C20H23N5O3S2/c1-13-10-18-21-12-15-16-7-6-14(11-17(15)25(18)23-13)24(16)19(26)4-2-8-22-30(27,28)20-5-3-9-29-20/h3,5,9-10,12,14,16,22H,2,4,6-8,11H2,1H3. The highest BCUT2D eigenvalue weighted by molar-refractivity contribution is 7.91. The van der Waals surface area contributed by atoms with Crippen LogP contribution in [-0.2, 0) is 21.2 Å². The maximum Gasteiger partial charge on any atom is 0.250 e. The molecule has 0 spiro atoms. The lowest BCUT2D eigenvalue weighted by atomic mass is 9.98. The van der Waals surface area contributed by atoms with Gasteiger partial charge in [-0.15, -0.1) is 11.3 Å². The number of fused-ring (bicyclic) bond motifs is 6. The number of hydrogen-bond acceptors (Lipinski definition) is 6. The number of rotatable bonds is 6. The maximum atomic E-state index is 13.0. The van der Waals surface area contributed by atoms with Gasteiger partial charge in [0, 0.05) is 43.3 Å². The van der Waals surface area contributed by atoms with Gasteiger partial charge in [0.2, 0.25) is 15.9 Å². The smallest absolute Gasteiger partial charge is 0.250 e. The van der Waals surface area contributed by atoms with Crippen molar-refractivity contribution < 1.29 is 13.2 Å². The number of aromatic nitrogens is 3. The van der Waals surface area contributed by atoms with E-state index in [1.54, 1.807) is 17.5 Å². The molecule has 0 saturated carbocycles. The number of carbonyl (C=O) groups is 1. The van der Waals surface area contributed by atoms with Crippen LogP contribution in [0, 0.1) is 6.92 Å². The van der Waals surface area contributed by atoms with Crippen LogP contribution in [-0.4, -0.2) is 46.4 Å². The van der Waals surface area contributed by atoms with Crippen molar-refractivity contribution in [3.05, 3.63) is 46.7 Å². The van der Waals surface area contributed by atoms with E-state index in [4.69, 9.17) is 0 Å². The lowest BCUT2D eigenvalue weighted by Gasteiger charge is -2.36. The molecule has 2 atom stereocenters. The lowest BCUT2D eigenvalue weighted by molar-refractivity contribution is -0.134. The second-order valence-corrected chi connectivity index (χ2v) is 10.8. The number of sulfonamides is 1. The van der Waals surface area contributed by atoms with Crippen LogP contribution in [0.15, 0.2) is 34.0 Å². The molecule has 5 heterocycles. The molecular weight excluding hydrogens is 422 g/mol. The van der Waals surface area contributed by atoms with Gasteiger partial charge in [0.05, 0.1) is 17.4 Å². The summed E-state index contributed by atoms with van der Waals surface area (Å²) in [7, 11) is -3.48. The Morgan fingerprint density at radius 1 is 1.37 bits per heavy atom. The summed E-state index contributed by atoms with van der Waals surface area (Å²) in [6, 6.07) is 5.47. The molecule has 8 nitrogen and oxygen atoms in total. The van der Waals surface area contributed by atoms with Gasteiger partial charge in [-0.25, -0.2) is 22.6 Å². The third-order valence-electron chi connectivity index (χ3n) is 5.94. The number of nitrogens with zero attached hydrogens (tertiary/aromatic N) is 4. The minimum atomic E-state index is -3.48. The summed E-state index contributed by atoms with van der Waals surface area (Å²) in [6.07, 6.45) is 5.38. The van der Waals surface area contributed by atoms with Gasteiger partial charge < -0.3 is 4.90 Å². The van der Waals surface area contributed by atoms with Crippen molar-refractivity contribution in [1.29, 1.82) is 0 Å². The number of hydrogen-bond donors (Lipinski definition) is 1. The van der Waals surface area contributed by atoms with Gasteiger partial charge in [-0.3, -0.25) is 4.79 Å². The quantitative estimate of drug-likeness (QED) is 0.588. The Kier molecular flexibility index (Phi) is 4.87. The van der Waals surface area contributed by atoms with E-state index in [9.17, 15) is 13.2 Å². The predicted molar refractivity (Wildman–Crippen MR) is 113 cm³/mol. The number of carbonyl (C=O) groups excluding carboxylic acids is 1. The van der Waals surface area contributed by atoms with Gasteiger partial charge in [0.15, 0.2) is 5.65 Å². The molecule has 10 heteroatoms. The molecule has 5 rings (SSSR count). The fourth-order valence-electron chi connectivity index (χ4n) is 4.64. The number of nitrogens with one attached hydrogen (secondary N) is 1. The maximum absolute atomic E-state index is 13.0. The van der Waals surface area contributed by atoms with Crippen molar-refractivity contribution >= 4 is 32.9 Å². The van der Waals surface area contributed by atoms with E-state index >= 15 is 0 Å². The van der Waals surface area contributed by atoms with Crippen molar-refractivity contribution in [3.63, 3.8) is 0 Å². The first-order valence-electron chi connectivity index (χ1n) is 10.1. The van der Waals surface area contributed by atoms with Gasteiger partial charge in [-0.2, -0.15) is 5.10 Å². The van der Waals surface area contributed by atoms with Gasteiger partial charge >= 0.3 is 0 Å². The van der Waals surface area contributed by atoms with Crippen molar-refractivity contribution in [3.8, 4) is 0 Å². The van der Waals surface area contributed by atoms with Crippen LogP contribution in [0.4, 0.5) is 0 Å². The fraction of sp³-hybridized carbons (Fsp3) is 0.450. The van der Waals surface area contributed by atoms with Crippen LogP contribution in [0.5, 0.6) is 0 Å². The molecule has 1 amide bonds. The van der Waals surface area contributed by atoms with Crippen LogP contribution in [0.3, 0.4) is 0 Å². The van der Waals surface area contributed by atoms with Crippen molar-refractivity contribution in [1.82, 2.24) is 24.2 Å². The largest absolute Gasteiger partial charge is 0.332 e. The Bertz CT molecular complexity index is 1200. The summed E-state index contributed by atoms with van der Waals surface area (Å²) >= 11 is 1.18. The molecule has 2 aliphatic heterocycles. The number of aryl methyl sites for hydroxylation is 1. The molecule has 158 valence electrons. The predicted octanol–water partition coefficient (Wildman–Crippen LogP) is 2.45. The second-order valence-electron chi connectivity index (χ2n) is 7.90.